The second-order valence-electron chi connectivity index (χ2n) is 6.68. The number of hydrogen-bond donors (Lipinski definition) is 0. The van der Waals surface area contributed by atoms with Crippen LogP contribution < -0.4 is 5.56 Å². The van der Waals surface area contributed by atoms with Crippen molar-refractivity contribution in [1.29, 1.82) is 0 Å². The highest BCUT2D eigenvalue weighted by atomic mass is 32.2. The maximum absolute atomic E-state index is 12.8. The van der Waals surface area contributed by atoms with Crippen molar-refractivity contribution in [2.75, 3.05) is 13.1 Å². The van der Waals surface area contributed by atoms with E-state index in [4.69, 9.17) is 0 Å². The minimum absolute atomic E-state index is 0.00452. The molecule has 0 N–H and O–H groups in total. The van der Waals surface area contributed by atoms with Gasteiger partial charge in [0, 0.05) is 24.7 Å². The summed E-state index contributed by atoms with van der Waals surface area (Å²) in [5.41, 5.74) is 1.09. The summed E-state index contributed by atoms with van der Waals surface area (Å²) in [5, 5.41) is 7.91. The lowest BCUT2D eigenvalue weighted by Crippen LogP contribution is -2.53. The fourth-order valence-electron chi connectivity index (χ4n) is 3.17. The number of rotatable bonds is 5. The number of sulfonamides is 1. The van der Waals surface area contributed by atoms with E-state index in [1.807, 2.05) is 30.3 Å². The van der Waals surface area contributed by atoms with Crippen LogP contribution in [0.2, 0.25) is 0 Å². The monoisotopic (exact) mass is 421 g/mol. The summed E-state index contributed by atoms with van der Waals surface area (Å²) < 4.78 is 53.8. The lowest BCUT2D eigenvalue weighted by atomic mass is 10.1. The van der Waals surface area contributed by atoms with E-state index in [1.54, 1.807) is 6.07 Å². The van der Waals surface area contributed by atoms with Gasteiger partial charge < -0.3 is 0 Å². The van der Waals surface area contributed by atoms with Gasteiger partial charge in [0.05, 0.1) is 23.6 Å². The molecule has 11 heteroatoms. The Morgan fingerprint density at radius 1 is 1.07 bits per heavy atom. The lowest BCUT2D eigenvalue weighted by molar-refractivity contribution is 0.0561. The van der Waals surface area contributed by atoms with Gasteiger partial charge in [-0.3, -0.25) is 4.79 Å². The molecule has 1 aliphatic heterocycles. The van der Waals surface area contributed by atoms with Gasteiger partial charge in [0.1, 0.15) is 4.90 Å². The van der Waals surface area contributed by atoms with Crippen molar-refractivity contribution in [2.45, 2.75) is 24.4 Å². The third-order valence-corrected chi connectivity index (χ3v) is 6.69. The molecular weight excluding hydrogens is 404 g/mol. The molecule has 0 bridgehead atoms. The topological polar surface area (TPSA) is 90.1 Å². The summed E-state index contributed by atoms with van der Waals surface area (Å²) in [7, 11) is -3.99. The highest BCUT2D eigenvalue weighted by molar-refractivity contribution is 7.89. The van der Waals surface area contributed by atoms with E-state index >= 15 is 0 Å². The van der Waals surface area contributed by atoms with Crippen LogP contribution >= 0.6 is 0 Å². The van der Waals surface area contributed by atoms with Gasteiger partial charge in [0.25, 0.3) is 5.56 Å². The van der Waals surface area contributed by atoms with Crippen LogP contribution in [0.1, 0.15) is 18.3 Å². The fraction of sp³-hybridized carbons (Fsp3) is 0.278. The average molecular weight is 421 g/mol. The minimum Gasteiger partial charge on any atom is -0.268 e. The third-order valence-electron chi connectivity index (χ3n) is 4.76. The molecule has 0 saturated carbocycles. The summed E-state index contributed by atoms with van der Waals surface area (Å²) in [6.45, 7) is -1.52. The van der Waals surface area contributed by atoms with Crippen molar-refractivity contribution in [3.05, 3.63) is 64.7 Å². The zero-order chi connectivity index (χ0) is 20.8. The number of aromatic nitrogens is 4. The molecule has 1 saturated heterocycles. The molecule has 152 valence electrons. The first kappa shape index (κ1) is 19.4. The Kier molecular flexibility index (Phi) is 4.79. The van der Waals surface area contributed by atoms with Gasteiger partial charge in [0.2, 0.25) is 10.0 Å². The normalized spacial score (nSPS) is 15.6. The molecule has 0 aliphatic carbocycles. The maximum atomic E-state index is 12.8. The Hall–Kier alpha value is -2.92. The molecule has 1 fully saturated rings. The van der Waals surface area contributed by atoms with Crippen molar-refractivity contribution in [3.63, 3.8) is 0 Å². The van der Waals surface area contributed by atoms with Crippen LogP contribution in [0.15, 0.2) is 58.4 Å². The van der Waals surface area contributed by atoms with E-state index < -0.39 is 22.6 Å². The van der Waals surface area contributed by atoms with Crippen LogP contribution in [-0.4, -0.2) is 45.4 Å². The first-order valence-corrected chi connectivity index (χ1v) is 10.2. The molecule has 0 atom stereocenters. The van der Waals surface area contributed by atoms with Crippen LogP contribution in [-0.2, 0) is 10.0 Å². The molecule has 0 unspecified atom stereocenters. The van der Waals surface area contributed by atoms with E-state index in [1.165, 1.54) is 17.7 Å². The molecule has 1 aromatic carbocycles. The number of halogens is 2. The van der Waals surface area contributed by atoms with Gasteiger partial charge in [-0.15, -0.1) is 0 Å². The molecular formula is C18H17F2N5O3S. The molecule has 8 nitrogen and oxygen atoms in total. The summed E-state index contributed by atoms with van der Waals surface area (Å²) >= 11 is 0. The van der Waals surface area contributed by atoms with Gasteiger partial charge in [-0.2, -0.15) is 23.3 Å². The number of alkyl halides is 2. The van der Waals surface area contributed by atoms with Crippen LogP contribution in [0, 0.1) is 6.92 Å². The van der Waals surface area contributed by atoms with Crippen molar-refractivity contribution in [3.8, 4) is 11.3 Å². The van der Waals surface area contributed by atoms with Crippen molar-refractivity contribution < 1.29 is 17.2 Å². The Balaban J connectivity index is 1.56. The second-order valence-corrected chi connectivity index (χ2v) is 8.59. The Bertz CT molecular complexity index is 1200. The van der Waals surface area contributed by atoms with Gasteiger partial charge in [-0.1, -0.05) is 30.3 Å². The molecule has 0 radical (unpaired) electrons. The van der Waals surface area contributed by atoms with Gasteiger partial charge >= 0.3 is 6.55 Å². The quantitative estimate of drug-likeness (QED) is 0.629. The second kappa shape index (κ2) is 7.16. The minimum atomic E-state index is -3.99. The maximum Gasteiger partial charge on any atom is 0.333 e. The van der Waals surface area contributed by atoms with Gasteiger partial charge in [-0.25, -0.2) is 17.8 Å². The van der Waals surface area contributed by atoms with Crippen molar-refractivity contribution in [1.82, 2.24) is 23.9 Å². The summed E-state index contributed by atoms with van der Waals surface area (Å²) in [5.74, 6) is 0. The molecule has 3 heterocycles. The van der Waals surface area contributed by atoms with Crippen molar-refractivity contribution >= 4 is 10.0 Å². The van der Waals surface area contributed by atoms with Gasteiger partial charge in [0.15, 0.2) is 0 Å². The summed E-state index contributed by atoms with van der Waals surface area (Å²) in [4.78, 5) is 12.0. The summed E-state index contributed by atoms with van der Waals surface area (Å²) in [6, 6.07) is 11.9. The largest absolute Gasteiger partial charge is 0.333 e. The van der Waals surface area contributed by atoms with Crippen LogP contribution in [0.4, 0.5) is 8.78 Å². The first-order chi connectivity index (χ1) is 13.8. The van der Waals surface area contributed by atoms with Gasteiger partial charge in [-0.05, 0) is 13.0 Å². The van der Waals surface area contributed by atoms with E-state index in [2.05, 4.69) is 10.2 Å². The third kappa shape index (κ3) is 3.47. The molecule has 1 aliphatic rings. The van der Waals surface area contributed by atoms with Crippen molar-refractivity contribution in [2.24, 2.45) is 0 Å². The Morgan fingerprint density at radius 3 is 2.38 bits per heavy atom. The SMILES string of the molecule is Cc1nn(C(F)F)cc1S(=O)(=O)N1CC(n2nc(-c3ccccc3)ccc2=O)C1. The van der Waals surface area contributed by atoms with Crippen LogP contribution in [0.3, 0.4) is 0 Å². The number of nitrogens with zero attached hydrogens (tertiary/aromatic N) is 5. The summed E-state index contributed by atoms with van der Waals surface area (Å²) in [6.07, 6.45) is 0.823. The van der Waals surface area contributed by atoms with E-state index in [-0.39, 0.29) is 29.2 Å². The molecule has 3 aromatic rings. The molecule has 2 aromatic heterocycles. The molecule has 0 amide bonds. The number of benzene rings is 1. The number of hydrogen-bond acceptors (Lipinski definition) is 5. The van der Waals surface area contributed by atoms with E-state index in [9.17, 15) is 22.0 Å². The Morgan fingerprint density at radius 2 is 1.76 bits per heavy atom. The lowest BCUT2D eigenvalue weighted by Gasteiger charge is -2.37. The smallest absolute Gasteiger partial charge is 0.268 e. The van der Waals surface area contributed by atoms with Crippen LogP contribution in [0.25, 0.3) is 11.3 Å². The highest BCUT2D eigenvalue weighted by Gasteiger charge is 2.40. The predicted octanol–water partition coefficient (Wildman–Crippen LogP) is 2.06. The van der Waals surface area contributed by atoms with Crippen LogP contribution in [0.5, 0.6) is 0 Å². The van der Waals surface area contributed by atoms with E-state index in [0.717, 1.165) is 16.1 Å². The molecule has 4 rings (SSSR count). The standard InChI is InChI=1S/C18H17F2N5O3S/c1-12-16(11-24(21-12)18(19)20)29(27,28)23-9-14(10-23)25-17(26)8-7-15(22-25)13-5-3-2-4-6-13/h2-8,11,14,18H,9-10H2,1H3. The zero-order valence-corrected chi connectivity index (χ0v) is 16.1. The molecule has 29 heavy (non-hydrogen) atoms. The average Bonchev–Trinajstić information content (AvgIpc) is 3.05. The zero-order valence-electron chi connectivity index (χ0n) is 15.3. The highest BCUT2D eigenvalue weighted by Crippen LogP contribution is 2.29. The Labute approximate surface area is 165 Å². The first-order valence-electron chi connectivity index (χ1n) is 8.77. The van der Waals surface area contributed by atoms with E-state index in [0.29, 0.717) is 10.4 Å². The fourth-order valence-corrected chi connectivity index (χ4v) is 4.84. The molecule has 0 spiro atoms. The number of aryl methyl sites for hydroxylation is 1. The predicted molar refractivity (Wildman–Crippen MR) is 99.9 cm³/mol.